The van der Waals surface area contributed by atoms with E-state index in [0.717, 1.165) is 5.56 Å². The highest BCUT2D eigenvalue weighted by atomic mass is 35.5. The molecular formula is C12H12ClF2NO2. The lowest BCUT2D eigenvalue weighted by atomic mass is 10.2. The third-order valence-corrected chi connectivity index (χ3v) is 2.88. The number of benzene rings is 1. The summed E-state index contributed by atoms with van der Waals surface area (Å²) in [6.07, 6.45) is -1.33. The summed E-state index contributed by atoms with van der Waals surface area (Å²) in [4.78, 5) is 10.8. The molecule has 1 aliphatic heterocycles. The molecule has 0 amide bonds. The van der Waals surface area contributed by atoms with E-state index in [9.17, 15) is 13.6 Å². The molecule has 1 aromatic rings. The molecule has 1 atom stereocenters. The van der Waals surface area contributed by atoms with Gasteiger partial charge in [0.05, 0.1) is 6.42 Å². The predicted octanol–water partition coefficient (Wildman–Crippen LogP) is 2.38. The maximum Gasteiger partial charge on any atom is 0.377 e. The molecule has 1 fully saturated rings. The number of hydrogen-bond acceptors (Lipinski definition) is 3. The molecule has 3 nitrogen and oxygen atoms in total. The highest BCUT2D eigenvalue weighted by Gasteiger charge is 2.50. The van der Waals surface area contributed by atoms with Crippen LogP contribution >= 0.6 is 11.6 Å². The fourth-order valence-corrected chi connectivity index (χ4v) is 2.00. The Labute approximate surface area is 108 Å². The Balaban J connectivity index is 1.78. The van der Waals surface area contributed by atoms with Crippen LogP contribution < -0.4 is 5.32 Å². The van der Waals surface area contributed by atoms with Gasteiger partial charge in [-0.15, -0.1) is 0 Å². The maximum atomic E-state index is 12.9. The van der Waals surface area contributed by atoms with E-state index < -0.39 is 24.4 Å². The largest absolute Gasteiger partial charge is 0.456 e. The minimum atomic E-state index is -3.34. The monoisotopic (exact) mass is 275 g/mol. The van der Waals surface area contributed by atoms with Crippen LogP contribution in [0.25, 0.3) is 0 Å². The summed E-state index contributed by atoms with van der Waals surface area (Å²) in [5.74, 6) is -4.78. The van der Waals surface area contributed by atoms with Crippen molar-refractivity contribution in [1.82, 2.24) is 5.32 Å². The van der Waals surface area contributed by atoms with Crippen molar-refractivity contribution in [3.63, 3.8) is 0 Å². The Morgan fingerprint density at radius 3 is 2.89 bits per heavy atom. The third kappa shape index (κ3) is 3.17. The van der Waals surface area contributed by atoms with Crippen molar-refractivity contribution in [3.05, 3.63) is 34.9 Å². The second kappa shape index (κ2) is 5.20. The smallest absolute Gasteiger partial charge is 0.377 e. The molecule has 1 aliphatic rings. The lowest BCUT2D eigenvalue weighted by Crippen LogP contribution is -2.26. The van der Waals surface area contributed by atoms with Gasteiger partial charge in [-0.05, 0) is 17.7 Å². The molecule has 0 spiro atoms. The molecule has 2 rings (SSSR count). The summed E-state index contributed by atoms with van der Waals surface area (Å²) in [6.45, 7) is 0.689. The van der Waals surface area contributed by atoms with Gasteiger partial charge >= 0.3 is 11.9 Å². The molecule has 0 bridgehead atoms. The van der Waals surface area contributed by atoms with Crippen LogP contribution in [0.15, 0.2) is 24.3 Å². The van der Waals surface area contributed by atoms with E-state index in [4.69, 9.17) is 11.6 Å². The SMILES string of the molecule is O=C1OC(CNCc2cccc(Cl)c2)CC1(F)F. The zero-order valence-corrected chi connectivity index (χ0v) is 10.2. The number of rotatable bonds is 4. The molecule has 1 aromatic carbocycles. The third-order valence-electron chi connectivity index (χ3n) is 2.65. The van der Waals surface area contributed by atoms with E-state index in [1.807, 2.05) is 12.1 Å². The lowest BCUT2D eigenvalue weighted by Gasteiger charge is -2.10. The molecule has 1 heterocycles. The number of cyclic esters (lactones) is 1. The van der Waals surface area contributed by atoms with Gasteiger partial charge < -0.3 is 10.1 Å². The molecule has 0 radical (unpaired) electrons. The van der Waals surface area contributed by atoms with Crippen molar-refractivity contribution in [2.75, 3.05) is 6.54 Å². The Bertz CT molecular complexity index is 453. The molecule has 1 saturated heterocycles. The Morgan fingerprint density at radius 2 is 2.28 bits per heavy atom. The number of carbonyl (C=O) groups excluding carboxylic acids is 1. The average molecular weight is 276 g/mol. The van der Waals surface area contributed by atoms with E-state index in [0.29, 0.717) is 11.6 Å². The molecule has 1 unspecified atom stereocenters. The second-order valence-corrected chi connectivity index (χ2v) is 4.63. The lowest BCUT2D eigenvalue weighted by molar-refractivity contribution is -0.159. The summed E-state index contributed by atoms with van der Waals surface area (Å²) in [6, 6.07) is 7.21. The Kier molecular flexibility index (Phi) is 3.82. The quantitative estimate of drug-likeness (QED) is 0.858. The molecule has 98 valence electrons. The van der Waals surface area contributed by atoms with Crippen molar-refractivity contribution >= 4 is 17.6 Å². The molecular weight excluding hydrogens is 264 g/mol. The van der Waals surface area contributed by atoms with Crippen molar-refractivity contribution in [1.29, 1.82) is 0 Å². The molecule has 6 heteroatoms. The first-order chi connectivity index (χ1) is 8.47. The predicted molar refractivity (Wildman–Crippen MR) is 62.6 cm³/mol. The van der Waals surface area contributed by atoms with Crippen LogP contribution in [0.5, 0.6) is 0 Å². The number of halogens is 3. The zero-order chi connectivity index (χ0) is 13.2. The summed E-state index contributed by atoms with van der Waals surface area (Å²) in [5, 5.41) is 3.58. The van der Waals surface area contributed by atoms with Gasteiger partial charge in [-0.1, -0.05) is 23.7 Å². The minimum absolute atomic E-state index is 0.202. The number of ether oxygens (including phenoxy) is 1. The van der Waals surface area contributed by atoms with Crippen molar-refractivity contribution in [3.8, 4) is 0 Å². The van der Waals surface area contributed by atoms with E-state index >= 15 is 0 Å². The Hall–Kier alpha value is -1.20. The summed E-state index contributed by atoms with van der Waals surface area (Å²) >= 11 is 5.81. The summed E-state index contributed by atoms with van der Waals surface area (Å²) in [5.41, 5.74) is 0.943. The van der Waals surface area contributed by atoms with Gasteiger partial charge in [0.2, 0.25) is 0 Å². The van der Waals surface area contributed by atoms with Gasteiger partial charge in [0.15, 0.2) is 0 Å². The maximum absolute atomic E-state index is 12.9. The molecule has 18 heavy (non-hydrogen) atoms. The molecule has 0 saturated carbocycles. The number of nitrogens with one attached hydrogen (secondary N) is 1. The van der Waals surface area contributed by atoms with Crippen molar-refractivity contribution in [2.24, 2.45) is 0 Å². The van der Waals surface area contributed by atoms with Crippen LogP contribution in [-0.4, -0.2) is 24.5 Å². The first kappa shape index (κ1) is 13.2. The van der Waals surface area contributed by atoms with Gasteiger partial charge in [0.25, 0.3) is 0 Å². The standard InChI is InChI=1S/C12H12ClF2NO2/c13-9-3-1-2-8(4-9)6-16-7-10-5-12(14,15)11(17)18-10/h1-4,10,16H,5-7H2. The summed E-state index contributed by atoms with van der Waals surface area (Å²) in [7, 11) is 0. The van der Waals surface area contributed by atoms with Crippen LogP contribution in [0.3, 0.4) is 0 Å². The molecule has 1 N–H and O–H groups in total. The van der Waals surface area contributed by atoms with Crippen LogP contribution in [0.4, 0.5) is 8.78 Å². The number of carbonyl (C=O) groups is 1. The second-order valence-electron chi connectivity index (χ2n) is 4.20. The highest BCUT2D eigenvalue weighted by molar-refractivity contribution is 6.30. The number of hydrogen-bond donors (Lipinski definition) is 1. The van der Waals surface area contributed by atoms with Crippen LogP contribution in [0, 0.1) is 0 Å². The number of esters is 1. The van der Waals surface area contributed by atoms with E-state index in [1.54, 1.807) is 12.1 Å². The number of alkyl halides is 2. The normalized spacial score (nSPS) is 21.9. The molecule has 0 aromatic heterocycles. The molecule has 0 aliphatic carbocycles. The van der Waals surface area contributed by atoms with Gasteiger partial charge in [-0.25, -0.2) is 4.79 Å². The first-order valence-electron chi connectivity index (χ1n) is 5.51. The van der Waals surface area contributed by atoms with Crippen LogP contribution in [-0.2, 0) is 16.1 Å². The first-order valence-corrected chi connectivity index (χ1v) is 5.89. The van der Waals surface area contributed by atoms with Crippen LogP contribution in [0.1, 0.15) is 12.0 Å². The van der Waals surface area contributed by atoms with Gasteiger partial charge in [-0.3, -0.25) is 0 Å². The average Bonchev–Trinajstić information content (AvgIpc) is 2.53. The fourth-order valence-electron chi connectivity index (χ4n) is 1.79. The minimum Gasteiger partial charge on any atom is -0.456 e. The highest BCUT2D eigenvalue weighted by Crippen LogP contribution is 2.30. The zero-order valence-electron chi connectivity index (χ0n) is 9.46. The van der Waals surface area contributed by atoms with Crippen molar-refractivity contribution < 1.29 is 18.3 Å². The van der Waals surface area contributed by atoms with Gasteiger partial charge in [-0.2, -0.15) is 8.78 Å². The van der Waals surface area contributed by atoms with E-state index in [2.05, 4.69) is 10.1 Å². The Morgan fingerprint density at radius 1 is 1.50 bits per heavy atom. The van der Waals surface area contributed by atoms with Gasteiger partial charge in [0.1, 0.15) is 6.10 Å². The summed E-state index contributed by atoms with van der Waals surface area (Å²) < 4.78 is 30.3. The van der Waals surface area contributed by atoms with E-state index in [-0.39, 0.29) is 6.54 Å². The fraction of sp³-hybridized carbons (Fsp3) is 0.417. The van der Waals surface area contributed by atoms with Gasteiger partial charge in [0, 0.05) is 18.1 Å². The van der Waals surface area contributed by atoms with E-state index in [1.165, 1.54) is 0 Å². The van der Waals surface area contributed by atoms with Crippen LogP contribution in [0.2, 0.25) is 5.02 Å². The topological polar surface area (TPSA) is 38.3 Å². The van der Waals surface area contributed by atoms with Crippen molar-refractivity contribution in [2.45, 2.75) is 25.0 Å².